The molecular formula is C51H56F8O15. The van der Waals surface area contributed by atoms with E-state index in [0.29, 0.717) is 5.56 Å². The van der Waals surface area contributed by atoms with E-state index in [1.165, 1.54) is 26.4 Å². The van der Waals surface area contributed by atoms with Crippen LogP contribution < -0.4 is 4.74 Å². The number of ether oxygens (including phenoxy) is 9. The summed E-state index contributed by atoms with van der Waals surface area (Å²) in [5.74, 6) is -12.9. The summed E-state index contributed by atoms with van der Waals surface area (Å²) in [6, 6.07) is 12.9. The van der Waals surface area contributed by atoms with Crippen LogP contribution in [0.15, 0.2) is 78.9 Å². The fourth-order valence-electron chi connectivity index (χ4n) is 6.52. The van der Waals surface area contributed by atoms with E-state index in [2.05, 4.69) is 20.1 Å². The standard InChI is InChI=1S/C51H56F8O15/c1-6-7-8-9-10-12-34-14-16-35(17-15-34)38-26-39(52)42(40(53)27-38)37-18-19-41(36(25-37)13-11-20-68-43(60)32(2)50(54,55)56)71-28-49(29-72-44(61)33(3)51(57,58)59,30-73-47(64)45(62)69-23-21-66-4)31-74-48(65)46(63)70-24-22-67-5/h14-19,25-27H,2-3,6-13,20-24,28-31H2,1,4-5H3. The first-order chi connectivity index (χ1) is 35.0. The third-order valence-electron chi connectivity index (χ3n) is 10.7. The summed E-state index contributed by atoms with van der Waals surface area (Å²) in [5.41, 5.74) is -5.12. The van der Waals surface area contributed by atoms with E-state index < -0.39 is 128 Å². The van der Waals surface area contributed by atoms with Crippen molar-refractivity contribution in [1.29, 1.82) is 0 Å². The molecule has 0 saturated heterocycles. The molecule has 0 heterocycles. The Morgan fingerprint density at radius 2 is 0.946 bits per heavy atom. The zero-order chi connectivity index (χ0) is 55.1. The number of rotatable bonds is 29. The smallest absolute Gasteiger partial charge is 0.422 e. The zero-order valence-corrected chi connectivity index (χ0v) is 40.8. The highest BCUT2D eigenvalue weighted by Crippen LogP contribution is 2.36. The van der Waals surface area contributed by atoms with Crippen molar-refractivity contribution in [2.24, 2.45) is 5.41 Å². The maximum absolute atomic E-state index is 16.1. The Kier molecular flexibility index (Phi) is 24.7. The number of methoxy groups -OCH3 is 2. The van der Waals surface area contributed by atoms with Gasteiger partial charge < -0.3 is 42.6 Å². The van der Waals surface area contributed by atoms with E-state index in [1.807, 2.05) is 12.1 Å². The fraction of sp³-hybridized carbons (Fsp3) is 0.451. The maximum Gasteiger partial charge on any atom is 0.422 e. The molecule has 0 radical (unpaired) electrons. The average molecular weight is 1060 g/mol. The minimum Gasteiger partial charge on any atom is -0.492 e. The number of benzene rings is 3. The Hall–Kier alpha value is -6.88. The van der Waals surface area contributed by atoms with Crippen molar-refractivity contribution in [3.05, 3.63) is 102 Å². The molecule has 0 atom stereocenters. The lowest BCUT2D eigenvalue weighted by molar-refractivity contribution is -0.180. The van der Waals surface area contributed by atoms with Crippen molar-refractivity contribution in [3.8, 4) is 28.0 Å². The van der Waals surface area contributed by atoms with Crippen LogP contribution in [0.3, 0.4) is 0 Å². The molecule has 0 aliphatic heterocycles. The molecule has 406 valence electrons. The SMILES string of the molecule is C=C(C(=O)OCCCc1cc(-c2c(F)cc(-c3ccc(CCCCCCC)cc3)cc2F)ccc1OCC(COC(=O)C(=C)C(F)(F)F)(COC(=O)C(=O)OCCOC)COC(=O)C(=O)OCCOC)C(F)(F)F. The monoisotopic (exact) mass is 1060 g/mol. The van der Waals surface area contributed by atoms with Gasteiger partial charge in [-0.05, 0) is 77.8 Å². The molecule has 3 aromatic rings. The molecule has 0 aliphatic carbocycles. The number of unbranched alkanes of at least 4 members (excludes halogenated alkanes) is 4. The van der Waals surface area contributed by atoms with Gasteiger partial charge in [0, 0.05) is 14.2 Å². The van der Waals surface area contributed by atoms with E-state index in [4.69, 9.17) is 42.6 Å². The van der Waals surface area contributed by atoms with Crippen LogP contribution in [-0.2, 0) is 79.5 Å². The number of hydrogen-bond donors (Lipinski definition) is 0. The number of carbonyl (C=O) groups is 6. The molecule has 3 aromatic carbocycles. The van der Waals surface area contributed by atoms with Gasteiger partial charge in [-0.1, -0.05) is 76.1 Å². The van der Waals surface area contributed by atoms with Gasteiger partial charge in [0.05, 0.1) is 25.4 Å². The van der Waals surface area contributed by atoms with E-state index in [9.17, 15) is 55.1 Å². The summed E-state index contributed by atoms with van der Waals surface area (Å²) in [7, 11) is 2.50. The number of alkyl halides is 6. The summed E-state index contributed by atoms with van der Waals surface area (Å²) in [4.78, 5) is 75.0. The van der Waals surface area contributed by atoms with Gasteiger partial charge in [0.25, 0.3) is 0 Å². The summed E-state index contributed by atoms with van der Waals surface area (Å²) in [5, 5.41) is 0. The molecule has 0 bridgehead atoms. The molecule has 0 N–H and O–H groups in total. The predicted molar refractivity (Wildman–Crippen MR) is 246 cm³/mol. The van der Waals surface area contributed by atoms with Crippen molar-refractivity contribution < 1.29 is 107 Å². The molecule has 3 rings (SSSR count). The number of halogens is 8. The first-order valence-electron chi connectivity index (χ1n) is 22.8. The highest BCUT2D eigenvalue weighted by molar-refractivity contribution is 6.30. The molecule has 0 aliphatic rings. The Balaban J connectivity index is 2.10. The first kappa shape index (κ1) is 61.4. The maximum atomic E-state index is 16.1. The molecule has 0 spiro atoms. The summed E-state index contributed by atoms with van der Waals surface area (Å²) in [6.07, 6.45) is -4.80. The van der Waals surface area contributed by atoms with Gasteiger partial charge in [-0.15, -0.1) is 0 Å². The lowest BCUT2D eigenvalue weighted by Gasteiger charge is -2.32. The summed E-state index contributed by atoms with van der Waals surface area (Å²) >= 11 is 0. The lowest BCUT2D eigenvalue weighted by Crippen LogP contribution is -2.45. The summed E-state index contributed by atoms with van der Waals surface area (Å²) in [6.45, 7) is 0.796. The van der Waals surface area contributed by atoms with Gasteiger partial charge >= 0.3 is 48.2 Å². The van der Waals surface area contributed by atoms with Crippen molar-refractivity contribution in [2.75, 3.05) is 73.7 Å². The zero-order valence-electron chi connectivity index (χ0n) is 40.8. The molecule has 0 fully saturated rings. The number of hydrogen-bond acceptors (Lipinski definition) is 15. The third-order valence-corrected chi connectivity index (χ3v) is 10.7. The largest absolute Gasteiger partial charge is 0.492 e. The van der Waals surface area contributed by atoms with Gasteiger partial charge in [-0.3, -0.25) is 0 Å². The molecule has 0 saturated carbocycles. The van der Waals surface area contributed by atoms with Crippen molar-refractivity contribution in [2.45, 2.75) is 70.6 Å². The van der Waals surface area contributed by atoms with Crippen molar-refractivity contribution in [3.63, 3.8) is 0 Å². The fourth-order valence-corrected chi connectivity index (χ4v) is 6.52. The van der Waals surface area contributed by atoms with Crippen LogP contribution in [0.1, 0.15) is 56.6 Å². The number of aryl methyl sites for hydroxylation is 2. The normalized spacial score (nSPS) is 11.6. The number of esters is 6. The van der Waals surface area contributed by atoms with Crippen LogP contribution in [0, 0.1) is 17.0 Å². The Morgan fingerprint density at radius 1 is 0.486 bits per heavy atom. The Bertz CT molecular complexity index is 2360. The van der Waals surface area contributed by atoms with Crippen molar-refractivity contribution >= 4 is 35.8 Å². The molecule has 0 amide bonds. The highest BCUT2D eigenvalue weighted by Gasteiger charge is 2.43. The van der Waals surface area contributed by atoms with E-state index in [0.717, 1.165) is 62.3 Å². The second-order valence-corrected chi connectivity index (χ2v) is 16.5. The molecule has 0 aromatic heterocycles. The molecule has 23 heteroatoms. The van der Waals surface area contributed by atoms with Crippen molar-refractivity contribution in [1.82, 2.24) is 0 Å². The van der Waals surface area contributed by atoms with Crippen LogP contribution in [-0.4, -0.2) is 122 Å². The molecule has 15 nitrogen and oxygen atoms in total. The second-order valence-electron chi connectivity index (χ2n) is 16.5. The van der Waals surface area contributed by atoms with E-state index in [1.54, 1.807) is 12.1 Å². The average Bonchev–Trinajstić information content (AvgIpc) is 3.36. The third kappa shape index (κ3) is 19.9. The summed E-state index contributed by atoms with van der Waals surface area (Å²) < 4.78 is 157. The Labute approximate surface area is 421 Å². The molecular weight excluding hydrogens is 1000 g/mol. The van der Waals surface area contributed by atoms with Crippen LogP contribution in [0.4, 0.5) is 35.1 Å². The minimum absolute atomic E-state index is 0.0184. The van der Waals surface area contributed by atoms with E-state index >= 15 is 8.78 Å². The van der Waals surface area contributed by atoms with Crippen LogP contribution in [0.2, 0.25) is 0 Å². The second kappa shape index (κ2) is 29.7. The minimum atomic E-state index is -5.32. The molecule has 74 heavy (non-hydrogen) atoms. The van der Waals surface area contributed by atoms with Crippen LogP contribution >= 0.6 is 0 Å². The van der Waals surface area contributed by atoms with E-state index in [-0.39, 0.29) is 48.5 Å². The van der Waals surface area contributed by atoms with Gasteiger partial charge in [0.2, 0.25) is 0 Å². The quantitative estimate of drug-likeness (QED) is 0.0160. The lowest BCUT2D eigenvalue weighted by atomic mass is 9.91. The van der Waals surface area contributed by atoms with Gasteiger partial charge in [0.15, 0.2) is 0 Å². The van der Waals surface area contributed by atoms with Gasteiger partial charge in [-0.25, -0.2) is 37.5 Å². The predicted octanol–water partition coefficient (Wildman–Crippen LogP) is 8.90. The molecule has 0 unspecified atom stereocenters. The van der Waals surface area contributed by atoms with Crippen LogP contribution in [0.25, 0.3) is 22.3 Å². The first-order valence-corrected chi connectivity index (χ1v) is 22.8. The number of carbonyl (C=O) groups excluding carboxylic acids is 6. The van der Waals surface area contributed by atoms with Gasteiger partial charge in [0.1, 0.15) is 73.6 Å². The van der Waals surface area contributed by atoms with Gasteiger partial charge in [-0.2, -0.15) is 26.3 Å². The highest BCUT2D eigenvalue weighted by atomic mass is 19.4. The Morgan fingerprint density at radius 3 is 1.45 bits per heavy atom. The van der Waals surface area contributed by atoms with Crippen LogP contribution in [0.5, 0.6) is 5.75 Å². The topological polar surface area (TPSA) is 185 Å².